The van der Waals surface area contributed by atoms with Crippen LogP contribution < -0.4 is 10.1 Å². The Morgan fingerprint density at radius 2 is 2.00 bits per heavy atom. The first kappa shape index (κ1) is 20.2. The zero-order chi connectivity index (χ0) is 19.1. The molecule has 2 rings (SSSR count). The second-order valence-electron chi connectivity index (χ2n) is 7.38. The summed E-state index contributed by atoms with van der Waals surface area (Å²) in [4.78, 5) is 27.9. The normalized spacial score (nSPS) is 16.8. The number of nitrogens with zero attached hydrogens (tertiary/aromatic N) is 2. The third-order valence-electron chi connectivity index (χ3n) is 4.96. The summed E-state index contributed by atoms with van der Waals surface area (Å²) in [6.45, 7) is 7.23. The summed E-state index contributed by atoms with van der Waals surface area (Å²) in [5.74, 6) is 1.08. The molecule has 1 aromatic rings. The molecule has 1 atom stereocenters. The van der Waals surface area contributed by atoms with Crippen LogP contribution >= 0.6 is 0 Å². The van der Waals surface area contributed by atoms with Crippen molar-refractivity contribution in [1.29, 1.82) is 0 Å². The van der Waals surface area contributed by atoms with Crippen molar-refractivity contribution in [3.63, 3.8) is 0 Å². The van der Waals surface area contributed by atoms with Crippen LogP contribution in [0.15, 0.2) is 24.3 Å². The molecule has 1 unspecified atom stereocenters. The van der Waals surface area contributed by atoms with Crippen LogP contribution in [-0.2, 0) is 4.79 Å². The van der Waals surface area contributed by atoms with E-state index < -0.39 is 0 Å². The van der Waals surface area contributed by atoms with Crippen LogP contribution in [0.1, 0.15) is 37.0 Å². The van der Waals surface area contributed by atoms with Crippen molar-refractivity contribution in [3.8, 4) is 5.75 Å². The van der Waals surface area contributed by atoms with Gasteiger partial charge in [-0.15, -0.1) is 0 Å². The highest BCUT2D eigenvalue weighted by molar-refractivity contribution is 5.94. The molecule has 1 heterocycles. The molecule has 1 saturated heterocycles. The zero-order valence-corrected chi connectivity index (χ0v) is 16.3. The maximum Gasteiger partial charge on any atom is 0.259 e. The Balaban J connectivity index is 1.83. The predicted octanol–water partition coefficient (Wildman–Crippen LogP) is 2.00. The van der Waals surface area contributed by atoms with Crippen molar-refractivity contribution in [2.24, 2.45) is 5.92 Å². The molecule has 1 aliphatic rings. The molecule has 1 N–H and O–H groups in total. The average molecular weight is 361 g/mol. The van der Waals surface area contributed by atoms with Crippen LogP contribution in [0.2, 0.25) is 0 Å². The Hall–Kier alpha value is -2.08. The fraction of sp³-hybridized carbons (Fsp3) is 0.600. The fourth-order valence-electron chi connectivity index (χ4n) is 2.94. The highest BCUT2D eigenvalue weighted by Crippen LogP contribution is 2.18. The van der Waals surface area contributed by atoms with Gasteiger partial charge in [0.1, 0.15) is 5.75 Å². The molecule has 0 aliphatic carbocycles. The second kappa shape index (κ2) is 9.57. The van der Waals surface area contributed by atoms with Gasteiger partial charge >= 0.3 is 0 Å². The van der Waals surface area contributed by atoms with E-state index in [1.165, 1.54) is 17.7 Å². The van der Waals surface area contributed by atoms with Gasteiger partial charge in [-0.05, 0) is 57.0 Å². The van der Waals surface area contributed by atoms with E-state index in [4.69, 9.17) is 4.74 Å². The number of carbonyl (C=O) groups is 2. The maximum atomic E-state index is 12.4. The second-order valence-corrected chi connectivity index (χ2v) is 7.38. The lowest BCUT2D eigenvalue weighted by Gasteiger charge is -2.35. The van der Waals surface area contributed by atoms with E-state index in [0.29, 0.717) is 23.9 Å². The molecule has 1 aromatic carbocycles. The first-order valence-electron chi connectivity index (χ1n) is 9.32. The standard InChI is InChI=1S/C20H31N3O3/c1-15-8-10-23(11-9-15)16(2)13-21-20(25)17-6-5-7-18(12-17)26-14-19(24)22(3)4/h5-7,12,15-16H,8-11,13-14H2,1-4H3,(H,21,25). The molecule has 0 bridgehead atoms. The summed E-state index contributed by atoms with van der Waals surface area (Å²) in [5, 5.41) is 3.01. The van der Waals surface area contributed by atoms with Gasteiger partial charge in [0.15, 0.2) is 6.61 Å². The fourth-order valence-corrected chi connectivity index (χ4v) is 2.94. The van der Waals surface area contributed by atoms with Gasteiger partial charge in [0.2, 0.25) is 0 Å². The van der Waals surface area contributed by atoms with E-state index in [9.17, 15) is 9.59 Å². The van der Waals surface area contributed by atoms with Gasteiger partial charge in [-0.25, -0.2) is 0 Å². The van der Waals surface area contributed by atoms with Gasteiger partial charge in [-0.3, -0.25) is 14.5 Å². The number of likely N-dealkylation sites (tertiary alicyclic amines) is 1. The van der Waals surface area contributed by atoms with Crippen molar-refractivity contribution in [3.05, 3.63) is 29.8 Å². The van der Waals surface area contributed by atoms with Crippen LogP contribution in [0, 0.1) is 5.92 Å². The molecular formula is C20H31N3O3. The van der Waals surface area contributed by atoms with Crippen LogP contribution in [0.3, 0.4) is 0 Å². The Morgan fingerprint density at radius 3 is 2.65 bits per heavy atom. The molecule has 1 fully saturated rings. The maximum absolute atomic E-state index is 12.4. The third-order valence-corrected chi connectivity index (χ3v) is 4.96. The van der Waals surface area contributed by atoms with Crippen LogP contribution in [0.5, 0.6) is 5.75 Å². The number of piperidine rings is 1. The quantitative estimate of drug-likeness (QED) is 0.807. The largest absolute Gasteiger partial charge is 0.484 e. The number of hydrogen-bond donors (Lipinski definition) is 1. The lowest BCUT2D eigenvalue weighted by molar-refractivity contribution is -0.130. The molecule has 6 heteroatoms. The van der Waals surface area contributed by atoms with Gasteiger partial charge in [-0.2, -0.15) is 0 Å². The number of hydrogen-bond acceptors (Lipinski definition) is 4. The lowest BCUT2D eigenvalue weighted by atomic mass is 9.98. The number of rotatable bonds is 7. The van der Waals surface area contributed by atoms with Gasteiger partial charge < -0.3 is 15.0 Å². The average Bonchev–Trinajstić information content (AvgIpc) is 2.64. The van der Waals surface area contributed by atoms with Crippen LogP contribution in [-0.4, -0.2) is 68.0 Å². The molecule has 6 nitrogen and oxygen atoms in total. The van der Waals surface area contributed by atoms with Crippen molar-refractivity contribution in [1.82, 2.24) is 15.1 Å². The summed E-state index contributed by atoms with van der Waals surface area (Å²) in [6, 6.07) is 7.26. The number of benzene rings is 1. The van der Waals surface area contributed by atoms with Crippen molar-refractivity contribution < 1.29 is 14.3 Å². The zero-order valence-electron chi connectivity index (χ0n) is 16.3. The lowest BCUT2D eigenvalue weighted by Crippen LogP contribution is -2.45. The highest BCUT2D eigenvalue weighted by Gasteiger charge is 2.20. The summed E-state index contributed by atoms with van der Waals surface area (Å²) in [5.41, 5.74) is 0.541. The Labute approximate surface area is 156 Å². The minimum absolute atomic E-state index is 0.0392. The van der Waals surface area contributed by atoms with Crippen LogP contribution in [0.4, 0.5) is 0 Å². The summed E-state index contributed by atoms with van der Waals surface area (Å²) in [6.07, 6.45) is 2.45. The van der Waals surface area contributed by atoms with E-state index >= 15 is 0 Å². The number of ether oxygens (including phenoxy) is 1. The van der Waals surface area contributed by atoms with Gasteiger partial charge in [0, 0.05) is 32.2 Å². The highest BCUT2D eigenvalue weighted by atomic mass is 16.5. The number of likely N-dealkylation sites (N-methyl/N-ethyl adjacent to an activating group) is 1. The molecule has 26 heavy (non-hydrogen) atoms. The SMILES string of the molecule is CC1CCN(C(C)CNC(=O)c2cccc(OCC(=O)N(C)C)c2)CC1. The molecule has 0 saturated carbocycles. The molecule has 0 spiro atoms. The van der Waals surface area contributed by atoms with Gasteiger partial charge in [0.05, 0.1) is 0 Å². The molecule has 0 aromatic heterocycles. The van der Waals surface area contributed by atoms with Crippen molar-refractivity contribution >= 4 is 11.8 Å². The summed E-state index contributed by atoms with van der Waals surface area (Å²) >= 11 is 0. The smallest absolute Gasteiger partial charge is 0.259 e. The molecule has 144 valence electrons. The third kappa shape index (κ3) is 6.02. The summed E-state index contributed by atoms with van der Waals surface area (Å²) < 4.78 is 5.47. The molecule has 1 aliphatic heterocycles. The molecule has 0 radical (unpaired) electrons. The molecular weight excluding hydrogens is 330 g/mol. The van der Waals surface area contributed by atoms with Crippen LogP contribution in [0.25, 0.3) is 0 Å². The van der Waals surface area contributed by atoms with E-state index in [2.05, 4.69) is 24.1 Å². The van der Waals surface area contributed by atoms with E-state index in [0.717, 1.165) is 19.0 Å². The number of amides is 2. The Morgan fingerprint density at radius 1 is 1.31 bits per heavy atom. The van der Waals surface area contributed by atoms with Crippen molar-refractivity contribution in [2.45, 2.75) is 32.7 Å². The predicted molar refractivity (Wildman–Crippen MR) is 102 cm³/mol. The minimum Gasteiger partial charge on any atom is -0.484 e. The first-order valence-corrected chi connectivity index (χ1v) is 9.32. The Kier molecular flexibility index (Phi) is 7.45. The van der Waals surface area contributed by atoms with Crippen molar-refractivity contribution in [2.75, 3.05) is 40.3 Å². The number of nitrogens with one attached hydrogen (secondary N) is 1. The van der Waals surface area contributed by atoms with Gasteiger partial charge in [0.25, 0.3) is 11.8 Å². The van der Waals surface area contributed by atoms with E-state index in [-0.39, 0.29) is 18.4 Å². The minimum atomic E-state index is -0.121. The molecule has 2 amide bonds. The number of carbonyl (C=O) groups excluding carboxylic acids is 2. The topological polar surface area (TPSA) is 61.9 Å². The monoisotopic (exact) mass is 361 g/mol. The first-order chi connectivity index (χ1) is 12.4. The summed E-state index contributed by atoms with van der Waals surface area (Å²) in [7, 11) is 3.36. The van der Waals surface area contributed by atoms with E-state index in [1.54, 1.807) is 38.4 Å². The van der Waals surface area contributed by atoms with E-state index in [1.807, 2.05) is 0 Å². The van der Waals surface area contributed by atoms with Gasteiger partial charge in [-0.1, -0.05) is 13.0 Å². The Bertz CT molecular complexity index is 610.